The van der Waals surface area contributed by atoms with Crippen LogP contribution in [0.3, 0.4) is 0 Å². The molecule has 7 rings (SSSR count). The van der Waals surface area contributed by atoms with Gasteiger partial charge in [0.05, 0.1) is 50.3 Å². The molecular formula is C33H50ClN5O6S2. The summed E-state index contributed by atoms with van der Waals surface area (Å²) in [5, 5.41) is 3.86. The lowest BCUT2D eigenvalue weighted by atomic mass is 9.70. The minimum atomic E-state index is -3.63. The highest BCUT2D eigenvalue weighted by molar-refractivity contribution is 8.00. The molecule has 0 spiro atoms. The molecule has 11 atom stereocenters. The van der Waals surface area contributed by atoms with Gasteiger partial charge in [-0.2, -0.15) is 11.8 Å². The number of carbonyl (C=O) groups is 1. The van der Waals surface area contributed by atoms with E-state index < -0.39 is 21.8 Å². The number of sulfonamides is 1. The van der Waals surface area contributed by atoms with E-state index in [-0.39, 0.29) is 46.2 Å². The van der Waals surface area contributed by atoms with Crippen LogP contribution in [0.15, 0.2) is 4.79 Å². The molecule has 5 fully saturated rings. The van der Waals surface area contributed by atoms with E-state index in [0.29, 0.717) is 36.8 Å². The van der Waals surface area contributed by atoms with Crippen molar-refractivity contribution in [1.82, 2.24) is 24.5 Å². The summed E-state index contributed by atoms with van der Waals surface area (Å²) in [5.41, 5.74) is 1.93. The highest BCUT2D eigenvalue weighted by Crippen LogP contribution is 2.48. The van der Waals surface area contributed by atoms with Crippen LogP contribution in [0.4, 0.5) is 0 Å². The molecule has 1 aromatic rings. The molecule has 47 heavy (non-hydrogen) atoms. The van der Waals surface area contributed by atoms with Crippen LogP contribution in [-0.4, -0.2) is 109 Å². The van der Waals surface area contributed by atoms with Crippen LogP contribution in [0.5, 0.6) is 0 Å². The average molecular weight is 712 g/mol. The van der Waals surface area contributed by atoms with Gasteiger partial charge in [-0.1, -0.05) is 0 Å². The van der Waals surface area contributed by atoms with Crippen molar-refractivity contribution < 1.29 is 22.7 Å². The van der Waals surface area contributed by atoms with Gasteiger partial charge in [-0.05, 0) is 70.6 Å². The fourth-order valence-electron chi connectivity index (χ4n) is 9.59. The van der Waals surface area contributed by atoms with Gasteiger partial charge in [0.15, 0.2) is 0 Å². The minimum Gasteiger partial charge on any atom is -0.381 e. The maximum atomic E-state index is 13.9. The number of hydrogen-bond donors (Lipinski definition) is 2. The smallest absolute Gasteiger partial charge is 0.257 e. The third-order valence-electron chi connectivity index (χ3n) is 11.8. The second-order valence-corrected chi connectivity index (χ2v) is 18.6. The van der Waals surface area contributed by atoms with Crippen molar-refractivity contribution in [2.24, 2.45) is 29.6 Å². The van der Waals surface area contributed by atoms with Crippen LogP contribution in [0.2, 0.25) is 0 Å². The number of fused-ring (bicyclic) bond motifs is 3. The van der Waals surface area contributed by atoms with E-state index in [2.05, 4.69) is 21.9 Å². The molecule has 11 nitrogen and oxygen atoms in total. The number of thioether (sulfide) groups is 1. The maximum Gasteiger partial charge on any atom is 0.257 e. The highest BCUT2D eigenvalue weighted by Gasteiger charge is 2.52. The van der Waals surface area contributed by atoms with Crippen molar-refractivity contribution in [3.8, 4) is 0 Å². The normalized spacial score (nSPS) is 38.9. The van der Waals surface area contributed by atoms with E-state index in [0.717, 1.165) is 94.6 Å². The number of ether oxygens (including phenoxy) is 2. The third kappa shape index (κ3) is 7.19. The van der Waals surface area contributed by atoms with Crippen molar-refractivity contribution in [1.29, 1.82) is 0 Å². The largest absolute Gasteiger partial charge is 0.381 e. The number of hydrogen-bond acceptors (Lipinski definition) is 10. The van der Waals surface area contributed by atoms with Gasteiger partial charge < -0.3 is 14.8 Å². The highest BCUT2D eigenvalue weighted by atomic mass is 35.5. The molecule has 262 valence electrons. The number of nitrogens with one attached hydrogen (secondary N) is 2. The first kappa shape index (κ1) is 34.2. The van der Waals surface area contributed by atoms with Gasteiger partial charge in [-0.15, -0.1) is 11.6 Å². The Hall–Kier alpha value is -1.22. The first-order valence-electron chi connectivity index (χ1n) is 17.5. The number of likely N-dealkylation sites (tertiary alicyclic amines) is 1. The van der Waals surface area contributed by atoms with Gasteiger partial charge >= 0.3 is 0 Å². The second kappa shape index (κ2) is 13.8. The Bertz CT molecular complexity index is 1500. The Morgan fingerprint density at radius 2 is 1.94 bits per heavy atom. The van der Waals surface area contributed by atoms with Gasteiger partial charge in [-0.25, -0.2) is 13.4 Å². The predicted molar refractivity (Wildman–Crippen MR) is 182 cm³/mol. The van der Waals surface area contributed by atoms with Gasteiger partial charge in [-0.3, -0.25) is 23.8 Å². The van der Waals surface area contributed by atoms with Gasteiger partial charge in [0.1, 0.15) is 5.82 Å². The number of halogens is 1. The molecule has 14 heteroatoms. The Balaban J connectivity index is 1.02. The van der Waals surface area contributed by atoms with E-state index in [1.807, 2.05) is 11.5 Å². The summed E-state index contributed by atoms with van der Waals surface area (Å²) in [6.45, 7) is 8.84. The van der Waals surface area contributed by atoms with Crippen LogP contribution >= 0.6 is 23.4 Å². The average Bonchev–Trinajstić information content (AvgIpc) is 3.74. The molecule has 1 saturated carbocycles. The number of aromatic nitrogens is 2. The zero-order valence-corrected chi connectivity index (χ0v) is 30.1. The number of rotatable bonds is 8. The van der Waals surface area contributed by atoms with Crippen LogP contribution in [0.1, 0.15) is 56.1 Å². The lowest BCUT2D eigenvalue weighted by Crippen LogP contribution is -2.58. The molecule has 10 unspecified atom stereocenters. The van der Waals surface area contributed by atoms with E-state index in [9.17, 15) is 18.0 Å². The van der Waals surface area contributed by atoms with Crippen LogP contribution in [0, 0.1) is 36.5 Å². The molecule has 0 radical (unpaired) electrons. The summed E-state index contributed by atoms with van der Waals surface area (Å²) in [5.74, 6) is 2.26. The third-order valence-corrected chi connectivity index (χ3v) is 14.4. The SMILES string of the molecule is Cc1nc2c(c(=O)n1CCOC1CCC(Cl)CC1C1CC(C)NC3C(C(=O)NS(C)(=O)=O)CSC13)C[C@@H](N1CC3COCC3C1)CC2. The van der Waals surface area contributed by atoms with Crippen molar-refractivity contribution >= 4 is 39.3 Å². The van der Waals surface area contributed by atoms with Crippen LogP contribution in [-0.2, 0) is 43.7 Å². The monoisotopic (exact) mass is 711 g/mol. The van der Waals surface area contributed by atoms with Gasteiger partial charge in [0.2, 0.25) is 15.9 Å². The number of amides is 1. The van der Waals surface area contributed by atoms with Crippen molar-refractivity contribution in [2.45, 2.75) is 100 Å². The summed E-state index contributed by atoms with van der Waals surface area (Å²) >= 11 is 8.55. The maximum absolute atomic E-state index is 13.9. The standard InChI is InChI=1S/C33H50ClN5O6S2/c1-18-10-25(31-30(35-18)27(17-46-31)32(40)37-47(3,42)43)24-11-22(34)4-7-29(24)45-9-8-39-19(2)36-28-6-5-23(12-26(28)33(39)41)38-13-20-15-44-16-21(20)14-38/h18,20-25,27,29-31,35H,4-17H2,1-3H3,(H,37,40)/t18?,20?,21?,22?,23-,24?,25?,27?,29?,30?,31?/m0/s1. The Kier molecular flexibility index (Phi) is 10.1. The molecule has 2 N–H and O–H groups in total. The predicted octanol–water partition coefficient (Wildman–Crippen LogP) is 1.95. The minimum absolute atomic E-state index is 0.00928. The molecule has 6 aliphatic rings. The zero-order valence-electron chi connectivity index (χ0n) is 27.7. The molecule has 0 aromatic carbocycles. The molecule has 5 heterocycles. The van der Waals surface area contributed by atoms with Crippen molar-refractivity contribution in [3.05, 3.63) is 27.4 Å². The van der Waals surface area contributed by atoms with Crippen LogP contribution < -0.4 is 15.6 Å². The number of nitrogens with zero attached hydrogens (tertiary/aromatic N) is 3. The summed E-state index contributed by atoms with van der Waals surface area (Å²) in [6.07, 6.45) is 7.24. The number of piperidine rings is 1. The Morgan fingerprint density at radius 1 is 1.17 bits per heavy atom. The molecule has 4 saturated heterocycles. The fourth-order valence-corrected chi connectivity index (χ4v) is 12.3. The molecule has 4 aliphatic heterocycles. The summed E-state index contributed by atoms with van der Waals surface area (Å²) in [6, 6.07) is 0.472. The van der Waals surface area contributed by atoms with Gasteiger partial charge in [0, 0.05) is 65.0 Å². The number of carbonyl (C=O) groups excluding carboxylic acids is 1. The lowest BCUT2D eigenvalue weighted by molar-refractivity contribution is -0.123. The molecule has 1 aromatic heterocycles. The quantitative estimate of drug-likeness (QED) is 0.386. The van der Waals surface area contributed by atoms with E-state index >= 15 is 0 Å². The summed E-state index contributed by atoms with van der Waals surface area (Å²) in [4.78, 5) is 34.3. The van der Waals surface area contributed by atoms with E-state index in [1.165, 1.54) is 0 Å². The number of alkyl halides is 1. The Morgan fingerprint density at radius 3 is 2.68 bits per heavy atom. The first-order valence-corrected chi connectivity index (χ1v) is 20.9. The molecule has 2 aliphatic carbocycles. The van der Waals surface area contributed by atoms with E-state index in [1.54, 1.807) is 11.8 Å². The van der Waals surface area contributed by atoms with Crippen molar-refractivity contribution in [3.63, 3.8) is 0 Å². The Labute approximate surface area is 287 Å². The lowest BCUT2D eigenvalue weighted by Gasteiger charge is -2.47. The summed E-state index contributed by atoms with van der Waals surface area (Å²) in [7, 11) is -3.63. The summed E-state index contributed by atoms with van der Waals surface area (Å²) < 4.78 is 40.0. The number of aryl methyl sites for hydroxylation is 2. The zero-order chi connectivity index (χ0) is 33.0. The molecule has 0 bridgehead atoms. The first-order chi connectivity index (χ1) is 22.4. The van der Waals surface area contributed by atoms with E-state index in [4.69, 9.17) is 26.1 Å². The fraction of sp³-hybridized carbons (Fsp3) is 0.848. The molecular weight excluding hydrogens is 662 g/mol. The van der Waals surface area contributed by atoms with Crippen molar-refractivity contribution in [2.75, 3.05) is 44.9 Å². The second-order valence-electron chi connectivity index (χ2n) is 15.1. The van der Waals surface area contributed by atoms with Crippen LogP contribution in [0.25, 0.3) is 0 Å². The topological polar surface area (TPSA) is 132 Å². The molecule has 1 amide bonds. The van der Waals surface area contributed by atoms with Gasteiger partial charge in [0.25, 0.3) is 5.56 Å².